The van der Waals surface area contributed by atoms with Crippen molar-refractivity contribution in [3.8, 4) is 5.75 Å². The van der Waals surface area contributed by atoms with Gasteiger partial charge in [0.25, 0.3) is 11.8 Å². The number of phenols is 1. The number of aromatic hydroxyl groups is 1. The summed E-state index contributed by atoms with van der Waals surface area (Å²) >= 11 is 17.7. The number of imide groups is 2. The average Bonchev–Trinajstić information content (AvgIpc) is 3.21. The van der Waals surface area contributed by atoms with Crippen LogP contribution in [0, 0.1) is 24.7 Å². The Bertz CT molecular complexity index is 1480. The van der Waals surface area contributed by atoms with Gasteiger partial charge < -0.3 is 5.11 Å². The van der Waals surface area contributed by atoms with Gasteiger partial charge in [-0.2, -0.15) is 0 Å². The van der Waals surface area contributed by atoms with Crippen molar-refractivity contribution in [2.24, 2.45) is 17.8 Å². The van der Waals surface area contributed by atoms with Gasteiger partial charge in [0.1, 0.15) is 5.75 Å². The van der Waals surface area contributed by atoms with Crippen LogP contribution < -0.4 is 4.90 Å². The topological polar surface area (TPSA) is 95.0 Å². The molecule has 196 valence electrons. The van der Waals surface area contributed by atoms with Crippen LogP contribution in [0.3, 0.4) is 0 Å². The van der Waals surface area contributed by atoms with Gasteiger partial charge in [0, 0.05) is 17.4 Å². The number of anilines is 1. The van der Waals surface area contributed by atoms with Gasteiger partial charge in [0.2, 0.25) is 11.8 Å². The highest BCUT2D eigenvalue weighted by atomic mass is 79.9. The van der Waals surface area contributed by atoms with Gasteiger partial charge in [-0.15, -0.1) is 23.2 Å². The normalized spacial score (nSPS) is 34.3. The molecule has 0 bridgehead atoms. The van der Waals surface area contributed by atoms with E-state index in [2.05, 4.69) is 15.9 Å². The van der Waals surface area contributed by atoms with E-state index in [4.69, 9.17) is 23.2 Å². The van der Waals surface area contributed by atoms with Crippen LogP contribution in [0.25, 0.3) is 0 Å². The Morgan fingerprint density at radius 1 is 0.974 bits per heavy atom. The van der Waals surface area contributed by atoms with E-state index >= 15 is 0 Å². The lowest BCUT2D eigenvalue weighted by Crippen LogP contribution is -2.60. The molecule has 1 saturated carbocycles. The summed E-state index contributed by atoms with van der Waals surface area (Å²) in [4.78, 5) is 53.0. The molecule has 4 amide bonds. The van der Waals surface area contributed by atoms with Crippen molar-refractivity contribution in [1.82, 2.24) is 4.90 Å². The SMILES string of the molecule is Cc1cc(C2C3=CCC4C(=O)N(c5ccc(Br)cc5)C(=O)C4C3CC3(Cl)C(=O)N(C)C(=O)C23Cl)ccc1O. The zero-order valence-corrected chi connectivity index (χ0v) is 23.5. The molecule has 2 saturated heterocycles. The number of hydrogen-bond acceptors (Lipinski definition) is 5. The van der Waals surface area contributed by atoms with Gasteiger partial charge in [-0.25, -0.2) is 0 Å². The molecule has 2 heterocycles. The zero-order valence-electron chi connectivity index (χ0n) is 20.5. The number of benzene rings is 2. The number of fused-ring (bicyclic) bond motifs is 4. The summed E-state index contributed by atoms with van der Waals surface area (Å²) in [7, 11) is 1.36. The minimum absolute atomic E-state index is 0.0548. The molecule has 2 aromatic carbocycles. The molecule has 7 nitrogen and oxygen atoms in total. The number of hydrogen-bond donors (Lipinski definition) is 1. The lowest BCUT2D eigenvalue weighted by molar-refractivity contribution is -0.138. The molecule has 38 heavy (non-hydrogen) atoms. The summed E-state index contributed by atoms with van der Waals surface area (Å²) in [6, 6.07) is 11.8. The van der Waals surface area contributed by atoms with E-state index in [1.165, 1.54) is 18.0 Å². The standard InChI is InChI=1S/C28H23BrCl2N2O5/c1-13-11-14(3-10-20(13)34)22-17-8-9-18-21(24(36)33(23(18)35)16-6-4-15(29)5-7-16)19(17)12-27(30)25(37)32(2)26(38)28(22,27)31/h3-8,10-11,18-19,21-22,34H,9,12H2,1-2H3. The number of rotatable bonds is 2. The number of likely N-dealkylation sites (tertiary alicyclic amines) is 1. The maximum absolute atomic E-state index is 13.9. The summed E-state index contributed by atoms with van der Waals surface area (Å²) in [6.07, 6.45) is 2.13. The Kier molecular flexibility index (Phi) is 5.66. The van der Waals surface area contributed by atoms with Crippen LogP contribution in [0.5, 0.6) is 5.75 Å². The first-order valence-electron chi connectivity index (χ1n) is 12.2. The molecular formula is C28H23BrCl2N2O5. The predicted octanol–water partition coefficient (Wildman–Crippen LogP) is 4.66. The summed E-state index contributed by atoms with van der Waals surface area (Å²) in [5, 5.41) is 10.2. The van der Waals surface area contributed by atoms with Crippen molar-refractivity contribution in [3.63, 3.8) is 0 Å². The summed E-state index contributed by atoms with van der Waals surface area (Å²) < 4.78 is 0.817. The molecule has 0 aromatic heterocycles. The molecule has 2 aliphatic carbocycles. The number of allylic oxidation sites excluding steroid dienone is 2. The number of nitrogens with zero attached hydrogens (tertiary/aromatic N) is 2. The predicted molar refractivity (Wildman–Crippen MR) is 145 cm³/mol. The van der Waals surface area contributed by atoms with Gasteiger partial charge in [-0.1, -0.05) is 39.7 Å². The van der Waals surface area contributed by atoms with Crippen molar-refractivity contribution < 1.29 is 24.3 Å². The molecular weight excluding hydrogens is 595 g/mol. The Morgan fingerprint density at radius 2 is 1.66 bits per heavy atom. The molecule has 10 heteroatoms. The molecule has 2 aromatic rings. The molecule has 1 N–H and O–H groups in total. The molecule has 0 radical (unpaired) electrons. The number of aryl methyl sites for hydroxylation is 1. The second kappa shape index (κ2) is 8.41. The zero-order chi connectivity index (χ0) is 27.3. The quantitative estimate of drug-likeness (QED) is 0.301. The number of phenolic OH excluding ortho intramolecular Hbond substituents is 1. The van der Waals surface area contributed by atoms with E-state index < -0.39 is 45.2 Å². The minimum Gasteiger partial charge on any atom is -0.508 e. The fourth-order valence-corrected chi connectivity index (χ4v) is 8.10. The molecule has 6 rings (SSSR count). The Labute approximate surface area is 237 Å². The van der Waals surface area contributed by atoms with Gasteiger partial charge in [0.15, 0.2) is 9.75 Å². The van der Waals surface area contributed by atoms with Crippen molar-refractivity contribution in [2.45, 2.75) is 35.4 Å². The number of halogens is 3. The minimum atomic E-state index is -1.84. The number of amides is 4. The van der Waals surface area contributed by atoms with Crippen molar-refractivity contribution in [1.29, 1.82) is 0 Å². The first-order chi connectivity index (χ1) is 17.9. The number of carbonyl (C=O) groups is 4. The highest BCUT2D eigenvalue weighted by molar-refractivity contribution is 9.10. The second-order valence-electron chi connectivity index (χ2n) is 10.5. The van der Waals surface area contributed by atoms with E-state index in [0.717, 1.165) is 14.9 Å². The van der Waals surface area contributed by atoms with Crippen molar-refractivity contribution >= 4 is 68.4 Å². The Morgan fingerprint density at radius 3 is 2.32 bits per heavy atom. The molecule has 3 fully saturated rings. The number of alkyl halides is 2. The molecule has 4 aliphatic rings. The van der Waals surface area contributed by atoms with Gasteiger partial charge in [-0.05, 0) is 67.1 Å². The highest BCUT2D eigenvalue weighted by Gasteiger charge is 2.75. The van der Waals surface area contributed by atoms with Gasteiger partial charge in [-0.3, -0.25) is 29.0 Å². The second-order valence-corrected chi connectivity index (χ2v) is 12.7. The van der Waals surface area contributed by atoms with Gasteiger partial charge in [0.05, 0.1) is 17.5 Å². The van der Waals surface area contributed by atoms with E-state index in [-0.39, 0.29) is 24.0 Å². The third kappa shape index (κ3) is 3.14. The number of carbonyl (C=O) groups excluding carboxylic acids is 4. The van der Waals surface area contributed by atoms with Crippen LogP contribution in [0.4, 0.5) is 5.69 Å². The average molecular weight is 618 g/mol. The lowest BCUT2D eigenvalue weighted by Gasteiger charge is -2.50. The van der Waals surface area contributed by atoms with Crippen LogP contribution in [-0.2, 0) is 19.2 Å². The van der Waals surface area contributed by atoms with E-state index in [1.54, 1.807) is 43.3 Å². The monoisotopic (exact) mass is 616 g/mol. The third-order valence-corrected chi connectivity index (χ3v) is 10.6. The van der Waals surface area contributed by atoms with E-state index in [9.17, 15) is 24.3 Å². The molecule has 2 aliphatic heterocycles. The highest BCUT2D eigenvalue weighted by Crippen LogP contribution is 2.65. The fourth-order valence-electron chi connectivity index (χ4n) is 6.82. The maximum atomic E-state index is 13.9. The van der Waals surface area contributed by atoms with E-state index in [1.807, 2.05) is 6.08 Å². The Balaban J connectivity index is 1.52. The summed E-state index contributed by atoms with van der Waals surface area (Å²) in [6.45, 7) is 1.72. The van der Waals surface area contributed by atoms with E-state index in [0.29, 0.717) is 23.2 Å². The summed E-state index contributed by atoms with van der Waals surface area (Å²) in [5.74, 6) is -4.61. The lowest BCUT2D eigenvalue weighted by atomic mass is 9.56. The maximum Gasteiger partial charge on any atom is 0.253 e. The first-order valence-corrected chi connectivity index (χ1v) is 13.8. The van der Waals surface area contributed by atoms with Crippen LogP contribution in [0.15, 0.2) is 58.6 Å². The van der Waals surface area contributed by atoms with Crippen LogP contribution in [0.2, 0.25) is 0 Å². The third-order valence-electron chi connectivity index (χ3n) is 8.65. The van der Waals surface area contributed by atoms with Gasteiger partial charge >= 0.3 is 0 Å². The smallest absolute Gasteiger partial charge is 0.253 e. The molecule has 6 unspecified atom stereocenters. The largest absolute Gasteiger partial charge is 0.508 e. The van der Waals surface area contributed by atoms with Crippen LogP contribution in [0.1, 0.15) is 29.9 Å². The first kappa shape index (κ1) is 25.6. The van der Waals surface area contributed by atoms with Crippen LogP contribution >= 0.6 is 39.1 Å². The van der Waals surface area contributed by atoms with Crippen molar-refractivity contribution in [3.05, 3.63) is 69.7 Å². The van der Waals surface area contributed by atoms with Crippen molar-refractivity contribution in [2.75, 3.05) is 11.9 Å². The fraction of sp³-hybridized carbons (Fsp3) is 0.357. The molecule has 6 atom stereocenters. The molecule has 0 spiro atoms. The summed E-state index contributed by atoms with van der Waals surface area (Å²) in [5.41, 5.74) is 2.36. The Hall–Kier alpha value is -2.68. The van der Waals surface area contributed by atoms with Crippen LogP contribution in [-0.4, -0.2) is 50.4 Å².